The van der Waals surface area contributed by atoms with Gasteiger partial charge in [-0.25, -0.2) is 17.5 Å². The number of nitrogens with zero attached hydrogens (tertiary/aromatic N) is 1. The molecule has 1 unspecified atom stereocenters. The molecule has 7 heteroatoms. The Kier molecular flexibility index (Phi) is 5.28. The molecule has 1 aromatic heterocycles. The number of fused-ring (bicyclic) bond motifs is 3. The second-order valence-electron chi connectivity index (χ2n) is 8.58. The van der Waals surface area contributed by atoms with Crippen LogP contribution in [0.4, 0.5) is 4.39 Å². The van der Waals surface area contributed by atoms with Gasteiger partial charge in [-0.05, 0) is 62.6 Å². The third-order valence-electron chi connectivity index (χ3n) is 6.46. The summed E-state index contributed by atoms with van der Waals surface area (Å²) in [5.41, 5.74) is 2.71. The topological polar surface area (TPSA) is 71.3 Å². The van der Waals surface area contributed by atoms with E-state index in [1.54, 1.807) is 30.3 Å². The van der Waals surface area contributed by atoms with E-state index in [2.05, 4.69) is 4.72 Å². The van der Waals surface area contributed by atoms with Crippen LogP contribution in [-0.4, -0.2) is 30.2 Å². The summed E-state index contributed by atoms with van der Waals surface area (Å²) in [6.45, 7) is 1.90. The van der Waals surface area contributed by atoms with Gasteiger partial charge in [0.25, 0.3) is 0 Å². The number of aryl methyl sites for hydroxylation is 1. The van der Waals surface area contributed by atoms with Crippen LogP contribution in [0.3, 0.4) is 0 Å². The van der Waals surface area contributed by atoms with Crippen LogP contribution in [0.25, 0.3) is 21.8 Å². The number of sulfonamides is 1. The fourth-order valence-corrected chi connectivity index (χ4v) is 6.17. The number of para-hydroxylation sites is 1. The minimum Gasteiger partial charge on any atom is -0.389 e. The molecule has 166 valence electrons. The Hall–Kier alpha value is -2.74. The molecule has 0 spiro atoms. The van der Waals surface area contributed by atoms with Crippen molar-refractivity contribution >= 4 is 31.8 Å². The molecule has 0 bridgehead atoms. The van der Waals surface area contributed by atoms with Crippen LogP contribution in [0.5, 0.6) is 0 Å². The number of aliphatic hydroxyl groups is 1. The summed E-state index contributed by atoms with van der Waals surface area (Å²) >= 11 is 0. The molecular weight excluding hydrogens is 427 g/mol. The Balaban J connectivity index is 1.53. The Bertz CT molecular complexity index is 1400. The van der Waals surface area contributed by atoms with Gasteiger partial charge >= 0.3 is 0 Å². The largest absolute Gasteiger partial charge is 0.389 e. The van der Waals surface area contributed by atoms with Crippen molar-refractivity contribution in [2.75, 3.05) is 0 Å². The van der Waals surface area contributed by atoms with E-state index in [0.29, 0.717) is 12.8 Å². The maximum atomic E-state index is 14.0. The van der Waals surface area contributed by atoms with Gasteiger partial charge in [0, 0.05) is 21.8 Å². The number of hydrogen-bond donors (Lipinski definition) is 2. The van der Waals surface area contributed by atoms with E-state index in [0.717, 1.165) is 33.8 Å². The van der Waals surface area contributed by atoms with Crippen LogP contribution in [0, 0.1) is 12.7 Å². The first-order valence-corrected chi connectivity index (χ1v) is 12.3. The Morgan fingerprint density at radius 1 is 0.969 bits per heavy atom. The van der Waals surface area contributed by atoms with Crippen molar-refractivity contribution in [2.24, 2.45) is 0 Å². The molecule has 2 N–H and O–H groups in total. The van der Waals surface area contributed by atoms with E-state index in [4.69, 9.17) is 0 Å². The normalized spacial score (nSPS) is 21.9. The van der Waals surface area contributed by atoms with Gasteiger partial charge in [0.2, 0.25) is 10.0 Å². The highest BCUT2D eigenvalue weighted by Gasteiger charge is 2.36. The zero-order valence-corrected chi connectivity index (χ0v) is 18.5. The predicted molar refractivity (Wildman–Crippen MR) is 124 cm³/mol. The third-order valence-corrected chi connectivity index (χ3v) is 7.97. The fraction of sp³-hybridized carbons (Fsp3) is 0.280. The van der Waals surface area contributed by atoms with E-state index in [1.165, 1.54) is 12.1 Å². The zero-order valence-electron chi connectivity index (χ0n) is 17.7. The lowest BCUT2D eigenvalue weighted by molar-refractivity contribution is 0.0547. The SMILES string of the molecule is Cc1ccc(S(=O)(=O)N[C@@H]2CCCC(n3c4ccccc4c4cc(F)ccc43)[C@H]2O)cc1. The van der Waals surface area contributed by atoms with Gasteiger partial charge in [-0.1, -0.05) is 35.9 Å². The molecule has 32 heavy (non-hydrogen) atoms. The van der Waals surface area contributed by atoms with Gasteiger partial charge < -0.3 is 9.67 Å². The van der Waals surface area contributed by atoms with Gasteiger partial charge in [0.15, 0.2) is 0 Å². The van der Waals surface area contributed by atoms with Crippen molar-refractivity contribution < 1.29 is 17.9 Å². The minimum absolute atomic E-state index is 0.185. The summed E-state index contributed by atoms with van der Waals surface area (Å²) in [6, 6.07) is 18.1. The average Bonchev–Trinajstić information content (AvgIpc) is 3.09. The van der Waals surface area contributed by atoms with Crippen LogP contribution in [0.1, 0.15) is 30.9 Å². The van der Waals surface area contributed by atoms with Crippen LogP contribution in [0.15, 0.2) is 71.6 Å². The summed E-state index contributed by atoms with van der Waals surface area (Å²) in [5, 5.41) is 13.0. The summed E-state index contributed by atoms with van der Waals surface area (Å²) in [7, 11) is -3.76. The van der Waals surface area contributed by atoms with Crippen molar-refractivity contribution in [3.63, 3.8) is 0 Å². The maximum absolute atomic E-state index is 14.0. The molecule has 1 fully saturated rings. The number of nitrogens with one attached hydrogen (secondary N) is 1. The van der Waals surface area contributed by atoms with Crippen LogP contribution in [-0.2, 0) is 10.0 Å². The van der Waals surface area contributed by atoms with E-state index in [-0.39, 0.29) is 16.8 Å². The molecule has 1 heterocycles. The van der Waals surface area contributed by atoms with Gasteiger partial charge in [0.05, 0.1) is 23.1 Å². The van der Waals surface area contributed by atoms with Crippen LogP contribution in [0.2, 0.25) is 0 Å². The van der Waals surface area contributed by atoms with Gasteiger partial charge in [-0.2, -0.15) is 0 Å². The van der Waals surface area contributed by atoms with Gasteiger partial charge in [-0.15, -0.1) is 0 Å². The first-order chi connectivity index (χ1) is 15.3. The highest BCUT2D eigenvalue weighted by atomic mass is 32.2. The van der Waals surface area contributed by atoms with Crippen molar-refractivity contribution in [1.29, 1.82) is 0 Å². The maximum Gasteiger partial charge on any atom is 0.240 e. The van der Waals surface area contributed by atoms with Gasteiger partial charge in [0.1, 0.15) is 5.82 Å². The quantitative estimate of drug-likeness (QED) is 0.473. The van der Waals surface area contributed by atoms with E-state index in [1.807, 2.05) is 35.8 Å². The first-order valence-electron chi connectivity index (χ1n) is 10.8. The molecule has 1 aliphatic carbocycles. The van der Waals surface area contributed by atoms with E-state index in [9.17, 15) is 17.9 Å². The zero-order chi connectivity index (χ0) is 22.5. The fourth-order valence-electron chi connectivity index (χ4n) is 4.88. The number of rotatable bonds is 4. The molecule has 0 amide bonds. The smallest absolute Gasteiger partial charge is 0.240 e. The second-order valence-corrected chi connectivity index (χ2v) is 10.3. The van der Waals surface area contributed by atoms with Crippen molar-refractivity contribution in [3.8, 4) is 0 Å². The lowest BCUT2D eigenvalue weighted by Gasteiger charge is -2.36. The lowest BCUT2D eigenvalue weighted by Crippen LogP contribution is -2.49. The van der Waals surface area contributed by atoms with Crippen LogP contribution < -0.4 is 4.72 Å². The van der Waals surface area contributed by atoms with Gasteiger partial charge in [-0.3, -0.25) is 0 Å². The summed E-state index contributed by atoms with van der Waals surface area (Å²) in [5.74, 6) is -0.312. The van der Waals surface area contributed by atoms with Crippen molar-refractivity contribution in [2.45, 2.75) is 49.3 Å². The monoisotopic (exact) mass is 452 g/mol. The minimum atomic E-state index is -3.76. The predicted octanol–water partition coefficient (Wildman–Crippen LogP) is 4.68. The molecule has 4 aromatic rings. The Morgan fingerprint density at radius 3 is 2.47 bits per heavy atom. The molecule has 0 saturated heterocycles. The first kappa shape index (κ1) is 21.1. The molecule has 1 aliphatic rings. The molecule has 5 nitrogen and oxygen atoms in total. The summed E-state index contributed by atoms with van der Waals surface area (Å²) in [6.07, 6.45) is 1.09. The summed E-state index contributed by atoms with van der Waals surface area (Å²) in [4.78, 5) is 0.185. The van der Waals surface area contributed by atoms with E-state index < -0.39 is 22.2 Å². The Morgan fingerprint density at radius 2 is 1.69 bits per heavy atom. The lowest BCUT2D eigenvalue weighted by atomic mass is 9.88. The number of benzene rings is 3. The summed E-state index contributed by atoms with van der Waals surface area (Å²) < 4.78 is 44.6. The highest BCUT2D eigenvalue weighted by Crippen LogP contribution is 2.38. The molecule has 3 atom stereocenters. The second kappa shape index (κ2) is 7.99. The highest BCUT2D eigenvalue weighted by molar-refractivity contribution is 7.89. The number of aromatic nitrogens is 1. The van der Waals surface area contributed by atoms with E-state index >= 15 is 0 Å². The van der Waals surface area contributed by atoms with Crippen molar-refractivity contribution in [3.05, 3.63) is 78.1 Å². The van der Waals surface area contributed by atoms with Crippen molar-refractivity contribution in [1.82, 2.24) is 9.29 Å². The molecule has 5 rings (SSSR count). The third kappa shape index (κ3) is 3.60. The molecular formula is C25H25FN2O3S. The molecule has 0 aliphatic heterocycles. The number of hydrogen-bond acceptors (Lipinski definition) is 3. The molecule has 1 saturated carbocycles. The number of halogens is 1. The van der Waals surface area contributed by atoms with Crippen LogP contribution >= 0.6 is 0 Å². The standard InChI is InChI=1S/C25H25FN2O3S/c1-16-9-12-18(13-10-16)32(30,31)27-21-6-4-8-24(25(21)29)28-22-7-3-2-5-19(22)20-15-17(26)11-14-23(20)28/h2-3,5,7,9-15,21,24-25,27,29H,4,6,8H2,1H3/t21-,24?,25+/m1/s1. The molecule has 3 aromatic carbocycles. The number of aliphatic hydroxyl groups excluding tert-OH is 1. The Labute approximate surface area is 186 Å². The molecule has 0 radical (unpaired) electrons. The average molecular weight is 453 g/mol.